The number of hydrogen-bond acceptors (Lipinski definition) is 7. The molecule has 1 saturated heterocycles. The average Bonchev–Trinajstić information content (AvgIpc) is 2.75. The van der Waals surface area contributed by atoms with Crippen molar-refractivity contribution in [2.45, 2.75) is 43.7 Å². The number of amides is 1. The van der Waals surface area contributed by atoms with Gasteiger partial charge in [-0.25, -0.2) is 4.98 Å². The average molecular weight is 485 g/mol. The third-order valence-electron chi connectivity index (χ3n) is 4.88. The molecule has 1 amide bonds. The maximum absolute atomic E-state index is 12.8. The van der Waals surface area contributed by atoms with Gasteiger partial charge < -0.3 is 15.0 Å². The zero-order chi connectivity index (χ0) is 24.2. The number of ether oxygens (including phenoxy) is 1. The van der Waals surface area contributed by atoms with Crippen molar-refractivity contribution in [2.24, 2.45) is 0 Å². The van der Waals surface area contributed by atoms with Crippen molar-refractivity contribution >= 4 is 29.2 Å². The fourth-order valence-electron chi connectivity index (χ4n) is 3.43. The van der Waals surface area contributed by atoms with E-state index < -0.39 is 28.3 Å². The van der Waals surface area contributed by atoms with Crippen LogP contribution in [0.25, 0.3) is 0 Å². The highest BCUT2D eigenvalue weighted by molar-refractivity contribution is 8.00. The highest BCUT2D eigenvalue weighted by Crippen LogP contribution is 2.36. The summed E-state index contributed by atoms with van der Waals surface area (Å²) in [5, 5.41) is 13.8. The molecule has 1 aromatic heterocycles. The van der Waals surface area contributed by atoms with Gasteiger partial charge in [0.15, 0.2) is 0 Å². The normalized spacial score (nSPS) is 18.8. The standard InChI is InChI=1S/C21H23F3N4O4S/c1-13-10-27(11-14(2)32-13)19-6-3-15(8-25-19)9-26-20(29)12-33-18-5-4-16(21(22,23)24)7-17(18)28(30)31/h3-8,13-14H,9-12H2,1-2H3,(H,26,29). The van der Waals surface area contributed by atoms with Gasteiger partial charge in [0, 0.05) is 31.9 Å². The van der Waals surface area contributed by atoms with E-state index in [1.807, 2.05) is 26.0 Å². The van der Waals surface area contributed by atoms with Gasteiger partial charge in [0.1, 0.15) is 5.82 Å². The van der Waals surface area contributed by atoms with Crippen LogP contribution in [0.5, 0.6) is 0 Å². The zero-order valence-electron chi connectivity index (χ0n) is 18.0. The number of aromatic nitrogens is 1. The number of halogens is 3. The van der Waals surface area contributed by atoms with Crippen molar-refractivity contribution in [2.75, 3.05) is 23.7 Å². The molecule has 0 bridgehead atoms. The molecule has 1 aromatic carbocycles. The van der Waals surface area contributed by atoms with E-state index in [1.54, 1.807) is 6.20 Å². The van der Waals surface area contributed by atoms with Crippen molar-refractivity contribution in [3.63, 3.8) is 0 Å². The number of alkyl halides is 3. The van der Waals surface area contributed by atoms with Gasteiger partial charge in [-0.2, -0.15) is 13.2 Å². The molecule has 2 aromatic rings. The SMILES string of the molecule is CC1CN(c2ccc(CNC(=O)CSc3ccc(C(F)(F)F)cc3[N+](=O)[O-])cn2)CC(C)O1. The highest BCUT2D eigenvalue weighted by atomic mass is 32.2. The van der Waals surface area contributed by atoms with Gasteiger partial charge in [0.25, 0.3) is 5.69 Å². The van der Waals surface area contributed by atoms with E-state index in [4.69, 9.17) is 4.74 Å². The molecule has 2 heterocycles. The number of carbonyl (C=O) groups is 1. The molecule has 2 unspecified atom stereocenters. The van der Waals surface area contributed by atoms with Gasteiger partial charge in [-0.15, -0.1) is 11.8 Å². The minimum absolute atomic E-state index is 0.0110. The number of benzene rings is 1. The minimum Gasteiger partial charge on any atom is -0.372 e. The Kier molecular flexibility index (Phi) is 7.80. The highest BCUT2D eigenvalue weighted by Gasteiger charge is 2.33. The Morgan fingerprint density at radius 3 is 2.55 bits per heavy atom. The predicted molar refractivity (Wildman–Crippen MR) is 117 cm³/mol. The first-order chi connectivity index (χ1) is 15.5. The number of hydrogen-bond donors (Lipinski definition) is 1. The smallest absolute Gasteiger partial charge is 0.372 e. The summed E-state index contributed by atoms with van der Waals surface area (Å²) in [6.45, 7) is 5.69. The Hall–Kier alpha value is -2.86. The molecule has 1 aliphatic heterocycles. The van der Waals surface area contributed by atoms with Crippen LogP contribution in [0.15, 0.2) is 41.4 Å². The second-order valence-electron chi connectivity index (χ2n) is 7.69. The van der Waals surface area contributed by atoms with Crippen molar-refractivity contribution in [1.82, 2.24) is 10.3 Å². The van der Waals surface area contributed by atoms with Crippen LogP contribution in [0.3, 0.4) is 0 Å². The lowest BCUT2D eigenvalue weighted by molar-refractivity contribution is -0.388. The summed E-state index contributed by atoms with van der Waals surface area (Å²) in [4.78, 5) is 29.0. The number of carbonyl (C=O) groups excluding carboxylic acids is 1. The van der Waals surface area contributed by atoms with Gasteiger partial charge in [-0.1, -0.05) is 6.07 Å². The Bertz CT molecular complexity index is 994. The third-order valence-corrected chi connectivity index (χ3v) is 5.95. The fraction of sp³-hybridized carbons (Fsp3) is 0.429. The summed E-state index contributed by atoms with van der Waals surface area (Å²) in [5.41, 5.74) is -1.03. The van der Waals surface area contributed by atoms with Crippen LogP contribution >= 0.6 is 11.8 Å². The lowest BCUT2D eigenvalue weighted by atomic mass is 10.2. The number of nitrogens with one attached hydrogen (secondary N) is 1. The quantitative estimate of drug-likeness (QED) is 0.360. The maximum Gasteiger partial charge on any atom is 0.416 e. The van der Waals surface area contributed by atoms with E-state index >= 15 is 0 Å². The van der Waals surface area contributed by atoms with E-state index in [2.05, 4.69) is 15.2 Å². The molecule has 3 rings (SSSR count). The molecular weight excluding hydrogens is 461 g/mol. The van der Waals surface area contributed by atoms with Crippen LogP contribution < -0.4 is 10.2 Å². The first-order valence-electron chi connectivity index (χ1n) is 10.1. The lowest BCUT2D eigenvalue weighted by Crippen LogP contribution is -2.45. The molecule has 8 nitrogen and oxygen atoms in total. The van der Waals surface area contributed by atoms with Crippen LogP contribution in [0.2, 0.25) is 0 Å². The summed E-state index contributed by atoms with van der Waals surface area (Å²) >= 11 is 0.804. The molecule has 0 saturated carbocycles. The van der Waals surface area contributed by atoms with E-state index in [1.165, 1.54) is 0 Å². The number of nitro groups is 1. The Morgan fingerprint density at radius 1 is 1.27 bits per heavy atom. The van der Waals surface area contributed by atoms with Gasteiger partial charge in [-0.3, -0.25) is 14.9 Å². The summed E-state index contributed by atoms with van der Waals surface area (Å²) in [7, 11) is 0. The maximum atomic E-state index is 12.8. The number of rotatable bonds is 7. The summed E-state index contributed by atoms with van der Waals surface area (Å²) < 4.78 is 44.1. The van der Waals surface area contributed by atoms with Gasteiger partial charge >= 0.3 is 6.18 Å². The second-order valence-corrected chi connectivity index (χ2v) is 8.71. The number of thioether (sulfide) groups is 1. The first-order valence-corrected chi connectivity index (χ1v) is 11.1. The summed E-state index contributed by atoms with van der Waals surface area (Å²) in [6.07, 6.45) is -2.82. The van der Waals surface area contributed by atoms with Crippen LogP contribution in [-0.2, 0) is 22.3 Å². The van der Waals surface area contributed by atoms with E-state index in [0.29, 0.717) is 6.07 Å². The van der Waals surface area contributed by atoms with Gasteiger partial charge in [0.2, 0.25) is 5.91 Å². The topological polar surface area (TPSA) is 97.6 Å². The second kappa shape index (κ2) is 10.4. The van der Waals surface area contributed by atoms with E-state index in [-0.39, 0.29) is 29.4 Å². The Labute approximate surface area is 192 Å². The molecule has 1 fully saturated rings. The van der Waals surface area contributed by atoms with Crippen molar-refractivity contribution < 1.29 is 27.6 Å². The molecule has 0 radical (unpaired) electrons. The van der Waals surface area contributed by atoms with Gasteiger partial charge in [0.05, 0.1) is 33.3 Å². The number of nitrogens with zero attached hydrogens (tertiary/aromatic N) is 3. The molecule has 12 heteroatoms. The van der Waals surface area contributed by atoms with Crippen LogP contribution in [0.4, 0.5) is 24.7 Å². The predicted octanol–water partition coefficient (Wildman–Crippen LogP) is 4.03. The number of anilines is 1. The number of morpholine rings is 1. The Balaban J connectivity index is 1.53. The number of nitro benzene ring substituents is 1. The molecule has 1 N–H and O–H groups in total. The molecule has 178 valence electrons. The van der Waals surface area contributed by atoms with Crippen molar-refractivity contribution in [1.29, 1.82) is 0 Å². The van der Waals surface area contributed by atoms with Crippen molar-refractivity contribution in [3.05, 3.63) is 57.8 Å². The zero-order valence-corrected chi connectivity index (χ0v) is 18.8. The molecule has 33 heavy (non-hydrogen) atoms. The molecule has 1 aliphatic rings. The number of pyridine rings is 1. The molecule has 0 spiro atoms. The van der Waals surface area contributed by atoms with Crippen molar-refractivity contribution in [3.8, 4) is 0 Å². The lowest BCUT2D eigenvalue weighted by Gasteiger charge is -2.36. The molecule has 0 aliphatic carbocycles. The first kappa shape index (κ1) is 24.8. The minimum atomic E-state index is -4.69. The largest absolute Gasteiger partial charge is 0.416 e. The summed E-state index contributed by atoms with van der Waals surface area (Å²) in [5.74, 6) is 0.229. The Morgan fingerprint density at radius 2 is 1.97 bits per heavy atom. The molecular formula is C21H23F3N4O4S. The van der Waals surface area contributed by atoms with E-state index in [9.17, 15) is 28.1 Å². The van der Waals surface area contributed by atoms with Crippen LogP contribution in [0.1, 0.15) is 25.0 Å². The summed E-state index contributed by atoms with van der Waals surface area (Å²) in [6, 6.07) is 5.96. The van der Waals surface area contributed by atoms with Crippen LogP contribution in [-0.4, -0.2) is 46.9 Å². The van der Waals surface area contributed by atoms with Gasteiger partial charge in [-0.05, 0) is 37.6 Å². The van der Waals surface area contributed by atoms with Crippen LogP contribution in [0, 0.1) is 10.1 Å². The monoisotopic (exact) mass is 484 g/mol. The molecule has 2 atom stereocenters. The fourth-order valence-corrected chi connectivity index (χ4v) is 4.26. The van der Waals surface area contributed by atoms with E-state index in [0.717, 1.165) is 48.4 Å². The third kappa shape index (κ3) is 6.81.